The lowest BCUT2D eigenvalue weighted by molar-refractivity contribution is 0.0952. The van der Waals surface area contributed by atoms with E-state index in [1.54, 1.807) is 22.9 Å². The largest absolute Gasteiger partial charge is 0.348 e. The van der Waals surface area contributed by atoms with Gasteiger partial charge < -0.3 is 5.32 Å². The van der Waals surface area contributed by atoms with E-state index in [4.69, 9.17) is 16.6 Å². The minimum atomic E-state index is -3.12. The average molecular weight is 509 g/mol. The van der Waals surface area contributed by atoms with Crippen LogP contribution >= 0.6 is 11.6 Å². The Morgan fingerprint density at radius 3 is 2.49 bits per heavy atom. The molecule has 1 amide bonds. The molecular formula is C26H25ClN4O3S. The highest BCUT2D eigenvalue weighted by atomic mass is 35.5. The van der Waals surface area contributed by atoms with Gasteiger partial charge in [0.1, 0.15) is 0 Å². The van der Waals surface area contributed by atoms with Gasteiger partial charge in [0, 0.05) is 17.1 Å². The Balaban J connectivity index is 1.60. The van der Waals surface area contributed by atoms with Crippen molar-refractivity contribution in [3.63, 3.8) is 0 Å². The van der Waals surface area contributed by atoms with Crippen LogP contribution in [0.5, 0.6) is 0 Å². The zero-order valence-corrected chi connectivity index (χ0v) is 21.0. The van der Waals surface area contributed by atoms with Gasteiger partial charge in [0.15, 0.2) is 15.5 Å². The standard InChI is InChI=1S/C26H25ClN4O3S/c1-16-3-7-19(8-4-16)23-13-22(26(32)28-14-18-5-9-20(27)10-6-18)24-17(2)30-31(25(24)29-23)21-11-12-35(33,34)15-21/h3-10,13,21H,11-12,14-15H2,1-2H3,(H,28,32). The van der Waals surface area contributed by atoms with Crippen LogP contribution in [0, 0.1) is 13.8 Å². The summed E-state index contributed by atoms with van der Waals surface area (Å²) in [6.45, 7) is 4.17. The van der Waals surface area contributed by atoms with Gasteiger partial charge in [-0.15, -0.1) is 0 Å². The van der Waals surface area contributed by atoms with Gasteiger partial charge in [0.25, 0.3) is 5.91 Å². The van der Waals surface area contributed by atoms with Crippen molar-refractivity contribution in [2.75, 3.05) is 11.5 Å². The van der Waals surface area contributed by atoms with Crippen molar-refractivity contribution in [1.82, 2.24) is 20.1 Å². The summed E-state index contributed by atoms with van der Waals surface area (Å²) in [6, 6.07) is 16.7. The molecule has 1 fully saturated rings. The maximum absolute atomic E-state index is 13.4. The highest BCUT2D eigenvalue weighted by molar-refractivity contribution is 7.91. The molecule has 5 rings (SSSR count). The summed E-state index contributed by atoms with van der Waals surface area (Å²) < 4.78 is 26.0. The van der Waals surface area contributed by atoms with Gasteiger partial charge >= 0.3 is 0 Å². The fourth-order valence-corrected chi connectivity index (χ4v) is 6.28. The van der Waals surface area contributed by atoms with Crippen molar-refractivity contribution in [3.05, 3.63) is 82.0 Å². The molecule has 2 aromatic heterocycles. The quantitative estimate of drug-likeness (QED) is 0.423. The predicted octanol–water partition coefficient (Wildman–Crippen LogP) is 4.66. The first-order valence-corrected chi connectivity index (χ1v) is 13.6. The van der Waals surface area contributed by atoms with Gasteiger partial charge in [0.2, 0.25) is 0 Å². The zero-order valence-electron chi connectivity index (χ0n) is 19.5. The monoisotopic (exact) mass is 508 g/mol. The van der Waals surface area contributed by atoms with Crippen molar-refractivity contribution in [1.29, 1.82) is 0 Å². The van der Waals surface area contributed by atoms with Crippen LogP contribution in [0.15, 0.2) is 54.6 Å². The van der Waals surface area contributed by atoms with E-state index < -0.39 is 9.84 Å². The van der Waals surface area contributed by atoms with E-state index in [2.05, 4.69) is 10.4 Å². The van der Waals surface area contributed by atoms with Crippen LogP contribution in [0.3, 0.4) is 0 Å². The third-order valence-electron chi connectivity index (χ3n) is 6.35. The number of carbonyl (C=O) groups is 1. The Bertz CT molecular complexity index is 1530. The first-order chi connectivity index (χ1) is 16.7. The maximum atomic E-state index is 13.4. The molecule has 0 bridgehead atoms. The molecule has 0 spiro atoms. The number of nitrogens with one attached hydrogen (secondary N) is 1. The van der Waals surface area contributed by atoms with Crippen molar-refractivity contribution in [2.45, 2.75) is 32.9 Å². The molecule has 4 aromatic rings. The van der Waals surface area contributed by atoms with Crippen LogP contribution in [0.4, 0.5) is 0 Å². The van der Waals surface area contributed by atoms with E-state index in [1.807, 2.05) is 50.2 Å². The number of amides is 1. The normalized spacial score (nSPS) is 17.1. The molecule has 2 aromatic carbocycles. The van der Waals surface area contributed by atoms with Crippen molar-refractivity contribution < 1.29 is 13.2 Å². The van der Waals surface area contributed by atoms with E-state index in [0.29, 0.717) is 46.0 Å². The number of nitrogens with zero attached hydrogens (tertiary/aromatic N) is 3. The predicted molar refractivity (Wildman–Crippen MR) is 137 cm³/mol. The fourth-order valence-electron chi connectivity index (χ4n) is 4.47. The summed E-state index contributed by atoms with van der Waals surface area (Å²) in [6.07, 6.45) is 0.479. The number of hydrogen-bond acceptors (Lipinski definition) is 5. The lowest BCUT2D eigenvalue weighted by atomic mass is 10.0. The summed E-state index contributed by atoms with van der Waals surface area (Å²) in [4.78, 5) is 18.3. The number of carbonyl (C=O) groups excluding carboxylic acids is 1. The van der Waals surface area contributed by atoms with Gasteiger partial charge in [-0.25, -0.2) is 18.1 Å². The minimum Gasteiger partial charge on any atom is -0.348 e. The summed E-state index contributed by atoms with van der Waals surface area (Å²) in [5, 5.41) is 8.92. The lowest BCUT2D eigenvalue weighted by Gasteiger charge is -2.12. The van der Waals surface area contributed by atoms with Crippen molar-refractivity contribution in [2.24, 2.45) is 0 Å². The van der Waals surface area contributed by atoms with Gasteiger partial charge in [-0.3, -0.25) is 4.79 Å². The minimum absolute atomic E-state index is 0.0256. The van der Waals surface area contributed by atoms with Gasteiger partial charge in [-0.2, -0.15) is 5.10 Å². The summed E-state index contributed by atoms with van der Waals surface area (Å²) in [5.41, 5.74) is 5.18. The van der Waals surface area contributed by atoms with Gasteiger partial charge in [-0.1, -0.05) is 53.6 Å². The molecule has 1 unspecified atom stereocenters. The molecule has 1 N–H and O–H groups in total. The fraction of sp³-hybridized carbons (Fsp3) is 0.269. The lowest BCUT2D eigenvalue weighted by Crippen LogP contribution is -2.23. The Morgan fingerprint density at radius 2 is 1.83 bits per heavy atom. The van der Waals surface area contributed by atoms with Gasteiger partial charge in [0.05, 0.1) is 39.9 Å². The molecule has 1 atom stereocenters. The second-order valence-corrected chi connectivity index (χ2v) is 11.7. The Morgan fingerprint density at radius 1 is 1.11 bits per heavy atom. The third-order valence-corrected chi connectivity index (χ3v) is 8.35. The van der Waals surface area contributed by atoms with E-state index in [-0.39, 0.29) is 23.5 Å². The van der Waals surface area contributed by atoms with E-state index in [9.17, 15) is 13.2 Å². The van der Waals surface area contributed by atoms with Crippen LogP contribution < -0.4 is 5.32 Å². The van der Waals surface area contributed by atoms with Gasteiger partial charge in [-0.05, 0) is 44.0 Å². The van der Waals surface area contributed by atoms with Crippen LogP contribution in [0.2, 0.25) is 5.02 Å². The van der Waals surface area contributed by atoms with Crippen molar-refractivity contribution in [3.8, 4) is 11.3 Å². The number of hydrogen-bond donors (Lipinski definition) is 1. The van der Waals surface area contributed by atoms with Crippen molar-refractivity contribution >= 4 is 38.4 Å². The highest BCUT2D eigenvalue weighted by Gasteiger charge is 2.32. The summed E-state index contributed by atoms with van der Waals surface area (Å²) >= 11 is 5.97. The zero-order chi connectivity index (χ0) is 24.7. The molecule has 0 radical (unpaired) electrons. The van der Waals surface area contributed by atoms with Crippen LogP contribution in [-0.2, 0) is 16.4 Å². The highest BCUT2D eigenvalue weighted by Crippen LogP contribution is 2.32. The average Bonchev–Trinajstić information content (AvgIpc) is 3.37. The molecule has 180 valence electrons. The Hall–Kier alpha value is -3.23. The topological polar surface area (TPSA) is 94.0 Å². The number of sulfone groups is 1. The summed E-state index contributed by atoms with van der Waals surface area (Å²) in [7, 11) is -3.12. The number of pyridine rings is 1. The smallest absolute Gasteiger partial charge is 0.252 e. The number of aromatic nitrogens is 3. The molecule has 3 heterocycles. The number of benzene rings is 2. The van der Waals surface area contributed by atoms with E-state index in [1.165, 1.54) is 0 Å². The first-order valence-electron chi connectivity index (χ1n) is 11.4. The Labute approximate surface area is 209 Å². The van der Waals surface area contributed by atoms with Crippen LogP contribution in [0.25, 0.3) is 22.3 Å². The molecule has 9 heteroatoms. The number of halogens is 1. The first kappa shape index (κ1) is 23.5. The SMILES string of the molecule is Cc1ccc(-c2cc(C(=O)NCc3ccc(Cl)cc3)c3c(C)nn(C4CCS(=O)(=O)C4)c3n2)cc1. The van der Waals surface area contributed by atoms with Crippen LogP contribution in [0.1, 0.15) is 39.6 Å². The number of fused-ring (bicyclic) bond motifs is 1. The molecule has 1 aliphatic rings. The molecule has 0 saturated carbocycles. The molecule has 1 saturated heterocycles. The molecule has 1 aliphatic heterocycles. The second-order valence-electron chi connectivity index (χ2n) is 9.02. The number of rotatable bonds is 5. The number of aryl methyl sites for hydroxylation is 2. The molecule has 35 heavy (non-hydrogen) atoms. The van der Waals surface area contributed by atoms with E-state index >= 15 is 0 Å². The third kappa shape index (κ3) is 4.81. The van der Waals surface area contributed by atoms with E-state index in [0.717, 1.165) is 16.7 Å². The Kier molecular flexibility index (Phi) is 6.11. The molecule has 0 aliphatic carbocycles. The summed E-state index contributed by atoms with van der Waals surface area (Å²) in [5.74, 6) is -0.0931. The molecular weight excluding hydrogens is 484 g/mol. The maximum Gasteiger partial charge on any atom is 0.252 e. The second kappa shape index (κ2) is 9.09. The van der Waals surface area contributed by atoms with Crippen LogP contribution in [-0.4, -0.2) is 40.6 Å². The molecule has 7 nitrogen and oxygen atoms in total.